The Morgan fingerprint density at radius 2 is 1.75 bits per heavy atom. The van der Waals surface area contributed by atoms with E-state index in [0.717, 1.165) is 18.1 Å². The molecule has 2 N–H and O–H groups in total. The topological polar surface area (TPSA) is 32.3 Å². The highest BCUT2D eigenvalue weighted by Gasteiger charge is 2.09. The van der Waals surface area contributed by atoms with Crippen LogP contribution in [0.4, 0.5) is 8.78 Å². The Labute approximate surface area is 117 Å². The molecule has 20 heavy (non-hydrogen) atoms. The summed E-state index contributed by atoms with van der Waals surface area (Å²) < 4.78 is 26.0. The number of benzene rings is 2. The second-order valence-corrected chi connectivity index (χ2v) is 4.68. The van der Waals surface area contributed by atoms with Crippen LogP contribution in [0, 0.1) is 11.6 Å². The fourth-order valence-corrected chi connectivity index (χ4v) is 2.10. The zero-order valence-corrected chi connectivity index (χ0v) is 11.2. The molecule has 0 saturated heterocycles. The highest BCUT2D eigenvalue weighted by atomic mass is 19.2. The van der Waals surface area contributed by atoms with Crippen molar-refractivity contribution in [3.8, 4) is 5.75 Å². The fraction of sp³-hybridized carbons (Fsp3) is 0.250. The molecule has 0 saturated carbocycles. The first-order chi connectivity index (χ1) is 9.60. The summed E-state index contributed by atoms with van der Waals surface area (Å²) in [5.41, 5.74) is 1.74. The molecule has 1 atom stereocenters. The number of aromatic hydroxyl groups is 1. The van der Waals surface area contributed by atoms with Gasteiger partial charge < -0.3 is 10.4 Å². The Bertz CT molecular complexity index is 569. The van der Waals surface area contributed by atoms with E-state index in [4.69, 9.17) is 0 Å². The van der Waals surface area contributed by atoms with Crippen LogP contribution in [0.1, 0.15) is 30.5 Å². The summed E-state index contributed by atoms with van der Waals surface area (Å²) in [6.07, 6.45) is 0.856. The highest BCUT2D eigenvalue weighted by Crippen LogP contribution is 2.20. The first kappa shape index (κ1) is 14.5. The minimum absolute atomic E-state index is 0.101. The molecule has 0 heterocycles. The number of nitrogens with one attached hydrogen (secondary N) is 1. The van der Waals surface area contributed by atoms with E-state index in [1.165, 1.54) is 6.07 Å². The summed E-state index contributed by atoms with van der Waals surface area (Å²) in [5, 5.41) is 12.6. The van der Waals surface area contributed by atoms with Crippen LogP contribution in [-0.4, -0.2) is 5.11 Å². The average molecular weight is 277 g/mol. The molecule has 0 bridgehead atoms. The van der Waals surface area contributed by atoms with E-state index >= 15 is 0 Å². The number of phenols is 1. The van der Waals surface area contributed by atoms with E-state index in [2.05, 4.69) is 5.32 Å². The van der Waals surface area contributed by atoms with Crippen molar-refractivity contribution in [3.05, 3.63) is 65.2 Å². The molecular formula is C16H17F2NO. The van der Waals surface area contributed by atoms with Gasteiger partial charge in [0.2, 0.25) is 0 Å². The smallest absolute Gasteiger partial charge is 0.159 e. The summed E-state index contributed by atoms with van der Waals surface area (Å²) in [7, 11) is 0. The van der Waals surface area contributed by atoms with Gasteiger partial charge in [0.05, 0.1) is 0 Å². The molecule has 0 aromatic heterocycles. The Hall–Kier alpha value is -1.94. The van der Waals surface area contributed by atoms with Crippen molar-refractivity contribution in [2.24, 2.45) is 0 Å². The van der Waals surface area contributed by atoms with E-state index in [1.54, 1.807) is 18.2 Å². The van der Waals surface area contributed by atoms with E-state index in [9.17, 15) is 13.9 Å². The molecule has 4 heteroatoms. The number of rotatable bonds is 5. The Kier molecular flexibility index (Phi) is 4.69. The van der Waals surface area contributed by atoms with Gasteiger partial charge in [0, 0.05) is 12.6 Å². The summed E-state index contributed by atoms with van der Waals surface area (Å²) >= 11 is 0. The van der Waals surface area contributed by atoms with Crippen LogP contribution in [0.5, 0.6) is 5.75 Å². The highest BCUT2D eigenvalue weighted by molar-refractivity contribution is 5.28. The van der Waals surface area contributed by atoms with Gasteiger partial charge in [0.1, 0.15) is 5.75 Å². The molecule has 0 spiro atoms. The van der Waals surface area contributed by atoms with Crippen molar-refractivity contribution in [1.82, 2.24) is 5.32 Å². The molecule has 0 aliphatic heterocycles. The van der Waals surface area contributed by atoms with Crippen LogP contribution in [0.25, 0.3) is 0 Å². The third-order valence-electron chi connectivity index (χ3n) is 3.24. The van der Waals surface area contributed by atoms with Crippen LogP contribution in [0.2, 0.25) is 0 Å². The number of halogens is 2. The van der Waals surface area contributed by atoms with Gasteiger partial charge in [-0.2, -0.15) is 0 Å². The molecule has 0 fully saturated rings. The van der Waals surface area contributed by atoms with Crippen molar-refractivity contribution in [1.29, 1.82) is 0 Å². The van der Waals surface area contributed by atoms with E-state index in [-0.39, 0.29) is 11.8 Å². The molecule has 1 unspecified atom stereocenters. The van der Waals surface area contributed by atoms with E-state index in [0.29, 0.717) is 12.1 Å². The molecule has 0 amide bonds. The predicted octanol–water partition coefficient (Wildman–Crippen LogP) is 3.91. The molecule has 106 valence electrons. The maximum absolute atomic E-state index is 13.1. The molecule has 2 aromatic rings. The maximum Gasteiger partial charge on any atom is 0.159 e. The van der Waals surface area contributed by atoms with Crippen LogP contribution in [-0.2, 0) is 6.54 Å². The van der Waals surface area contributed by atoms with Gasteiger partial charge in [0.25, 0.3) is 0 Å². The summed E-state index contributed by atoms with van der Waals surface area (Å²) in [6.45, 7) is 2.49. The normalized spacial score (nSPS) is 12.3. The third-order valence-corrected chi connectivity index (χ3v) is 3.24. The first-order valence-corrected chi connectivity index (χ1v) is 6.56. The van der Waals surface area contributed by atoms with Crippen molar-refractivity contribution in [2.45, 2.75) is 25.9 Å². The predicted molar refractivity (Wildman–Crippen MR) is 74.3 cm³/mol. The lowest BCUT2D eigenvalue weighted by atomic mass is 10.0. The third kappa shape index (κ3) is 3.54. The minimum atomic E-state index is -0.834. The molecule has 2 aromatic carbocycles. The van der Waals surface area contributed by atoms with Crippen LogP contribution in [0.3, 0.4) is 0 Å². The average Bonchev–Trinajstić information content (AvgIpc) is 2.45. The van der Waals surface area contributed by atoms with Gasteiger partial charge in [-0.25, -0.2) is 8.78 Å². The summed E-state index contributed by atoms with van der Waals surface area (Å²) in [5.74, 6) is -1.44. The van der Waals surface area contributed by atoms with Crippen LogP contribution >= 0.6 is 0 Å². The Balaban J connectivity index is 2.03. The van der Waals surface area contributed by atoms with Crippen molar-refractivity contribution in [3.63, 3.8) is 0 Å². The second kappa shape index (κ2) is 6.48. The lowest BCUT2D eigenvalue weighted by Crippen LogP contribution is -2.20. The summed E-state index contributed by atoms with van der Waals surface area (Å²) in [4.78, 5) is 0. The van der Waals surface area contributed by atoms with E-state index in [1.807, 2.05) is 19.1 Å². The van der Waals surface area contributed by atoms with Crippen molar-refractivity contribution in [2.75, 3.05) is 0 Å². The van der Waals surface area contributed by atoms with Gasteiger partial charge in [-0.05, 0) is 41.8 Å². The monoisotopic (exact) mass is 277 g/mol. The fourth-order valence-electron chi connectivity index (χ4n) is 2.10. The Morgan fingerprint density at radius 1 is 1.05 bits per heavy atom. The molecule has 0 aliphatic rings. The second-order valence-electron chi connectivity index (χ2n) is 4.68. The number of hydrogen-bond acceptors (Lipinski definition) is 2. The zero-order valence-electron chi connectivity index (χ0n) is 11.2. The lowest BCUT2D eigenvalue weighted by molar-refractivity contribution is 0.473. The van der Waals surface area contributed by atoms with E-state index < -0.39 is 11.6 Å². The standard InChI is InChI=1S/C16H17F2NO/c1-2-16(12-4-6-13(20)7-5-12)19-10-11-3-8-14(17)15(18)9-11/h3-9,16,19-20H,2,10H2,1H3. The number of hydrogen-bond donors (Lipinski definition) is 2. The largest absolute Gasteiger partial charge is 0.508 e. The van der Waals surface area contributed by atoms with Crippen LogP contribution in [0.15, 0.2) is 42.5 Å². The van der Waals surface area contributed by atoms with Gasteiger partial charge in [0.15, 0.2) is 11.6 Å². The molecule has 2 rings (SSSR count). The van der Waals surface area contributed by atoms with Gasteiger partial charge in [-0.15, -0.1) is 0 Å². The molecule has 0 radical (unpaired) electrons. The van der Waals surface area contributed by atoms with Gasteiger partial charge in [-0.3, -0.25) is 0 Å². The lowest BCUT2D eigenvalue weighted by Gasteiger charge is -2.17. The molecular weight excluding hydrogens is 260 g/mol. The SMILES string of the molecule is CCC(NCc1ccc(F)c(F)c1)c1ccc(O)cc1. The van der Waals surface area contributed by atoms with Gasteiger partial charge >= 0.3 is 0 Å². The summed E-state index contributed by atoms with van der Waals surface area (Å²) in [6, 6.07) is 11.0. The molecule has 0 aliphatic carbocycles. The Morgan fingerprint density at radius 3 is 2.35 bits per heavy atom. The van der Waals surface area contributed by atoms with Crippen molar-refractivity contribution >= 4 is 0 Å². The van der Waals surface area contributed by atoms with Crippen LogP contribution < -0.4 is 5.32 Å². The van der Waals surface area contributed by atoms with Crippen molar-refractivity contribution < 1.29 is 13.9 Å². The zero-order chi connectivity index (χ0) is 14.5. The molecule has 2 nitrogen and oxygen atoms in total. The first-order valence-electron chi connectivity index (χ1n) is 6.56. The minimum Gasteiger partial charge on any atom is -0.508 e. The number of phenolic OH excluding ortho intramolecular Hbond substituents is 1. The maximum atomic E-state index is 13.1. The van der Waals surface area contributed by atoms with Gasteiger partial charge in [-0.1, -0.05) is 25.1 Å². The quantitative estimate of drug-likeness (QED) is 0.868.